The summed E-state index contributed by atoms with van der Waals surface area (Å²) in [5.41, 5.74) is 9.92. The van der Waals surface area contributed by atoms with Crippen molar-refractivity contribution in [1.82, 2.24) is 15.5 Å². The highest BCUT2D eigenvalue weighted by Crippen LogP contribution is 2.29. The van der Waals surface area contributed by atoms with Gasteiger partial charge in [0.25, 0.3) is 5.91 Å². The van der Waals surface area contributed by atoms with Gasteiger partial charge in [-0.3, -0.25) is 9.59 Å². The Morgan fingerprint density at radius 3 is 2.61 bits per heavy atom. The molecule has 0 saturated heterocycles. The van der Waals surface area contributed by atoms with Crippen LogP contribution >= 0.6 is 11.3 Å². The fourth-order valence-electron chi connectivity index (χ4n) is 2.86. The molecule has 4 aromatic rings. The molecule has 4 N–H and O–H groups in total. The Labute approximate surface area is 182 Å². The zero-order valence-corrected chi connectivity index (χ0v) is 17.4. The van der Waals surface area contributed by atoms with E-state index in [1.54, 1.807) is 24.3 Å². The average Bonchev–Trinajstić information content (AvgIpc) is 3.42. The molecule has 4 rings (SSSR count). The lowest BCUT2D eigenvalue weighted by atomic mass is 10.1. The highest BCUT2D eigenvalue weighted by Gasteiger charge is 2.12. The van der Waals surface area contributed by atoms with Gasteiger partial charge in [0.2, 0.25) is 5.91 Å². The Hall–Kier alpha value is -3.98. The number of nitrogen functional groups attached to an aromatic ring is 1. The maximum absolute atomic E-state index is 12.2. The number of aryl methyl sites for hydroxylation is 1. The summed E-state index contributed by atoms with van der Waals surface area (Å²) in [7, 11) is 0. The van der Waals surface area contributed by atoms with Gasteiger partial charge in [-0.25, -0.2) is 4.98 Å². The van der Waals surface area contributed by atoms with E-state index in [1.807, 2.05) is 42.6 Å². The van der Waals surface area contributed by atoms with Crippen LogP contribution in [0.3, 0.4) is 0 Å². The highest BCUT2D eigenvalue weighted by atomic mass is 32.1. The molecule has 0 saturated carbocycles. The molecule has 2 aromatic heterocycles. The second-order valence-corrected chi connectivity index (χ2v) is 7.66. The number of nitrogens with zero attached hydrogens (tertiary/aromatic N) is 2. The summed E-state index contributed by atoms with van der Waals surface area (Å²) >= 11 is 1.31. The van der Waals surface area contributed by atoms with Crippen LogP contribution in [0.15, 0.2) is 64.5 Å². The van der Waals surface area contributed by atoms with Crippen molar-refractivity contribution in [1.29, 1.82) is 0 Å². The third-order valence-electron chi connectivity index (χ3n) is 4.40. The SMILES string of the molecule is Cc1cc(-c2cccc(-c3csc(NC(=O)CNC(=O)c4ccc(N)cc4)n3)c2)on1. The summed E-state index contributed by atoms with van der Waals surface area (Å²) in [6.07, 6.45) is 0. The smallest absolute Gasteiger partial charge is 0.251 e. The lowest BCUT2D eigenvalue weighted by molar-refractivity contribution is -0.115. The Kier molecular flexibility index (Phi) is 5.76. The Morgan fingerprint density at radius 1 is 1.10 bits per heavy atom. The third-order valence-corrected chi connectivity index (χ3v) is 5.16. The van der Waals surface area contributed by atoms with Crippen molar-refractivity contribution >= 4 is 34.0 Å². The highest BCUT2D eigenvalue weighted by molar-refractivity contribution is 7.14. The van der Waals surface area contributed by atoms with E-state index in [1.165, 1.54) is 11.3 Å². The summed E-state index contributed by atoms with van der Waals surface area (Å²) < 4.78 is 5.32. The number of hydrogen-bond acceptors (Lipinski definition) is 7. The van der Waals surface area contributed by atoms with Gasteiger partial charge < -0.3 is 20.9 Å². The van der Waals surface area contributed by atoms with Crippen LogP contribution in [0.2, 0.25) is 0 Å². The van der Waals surface area contributed by atoms with Crippen LogP contribution in [0.1, 0.15) is 16.1 Å². The second-order valence-electron chi connectivity index (χ2n) is 6.80. The molecule has 0 aliphatic rings. The van der Waals surface area contributed by atoms with Gasteiger partial charge in [-0.2, -0.15) is 0 Å². The standard InChI is InChI=1S/C22H19N5O3S/c1-13-9-19(30-27-13)16-4-2-3-15(10-16)18-12-31-22(25-18)26-20(28)11-24-21(29)14-5-7-17(23)8-6-14/h2-10,12H,11,23H2,1H3,(H,24,29)(H,25,26,28). The number of carbonyl (C=O) groups is 2. The van der Waals surface area contributed by atoms with Crippen LogP contribution < -0.4 is 16.4 Å². The average molecular weight is 433 g/mol. The summed E-state index contributed by atoms with van der Waals surface area (Å²) in [6, 6.07) is 16.1. The van der Waals surface area contributed by atoms with Gasteiger partial charge in [-0.05, 0) is 37.3 Å². The van der Waals surface area contributed by atoms with Gasteiger partial charge in [0.15, 0.2) is 10.9 Å². The van der Waals surface area contributed by atoms with Crippen LogP contribution in [0.25, 0.3) is 22.6 Å². The number of carbonyl (C=O) groups excluding carboxylic acids is 2. The van der Waals surface area contributed by atoms with Crippen molar-refractivity contribution < 1.29 is 14.1 Å². The van der Waals surface area contributed by atoms with Crippen molar-refractivity contribution in [2.24, 2.45) is 0 Å². The summed E-state index contributed by atoms with van der Waals surface area (Å²) in [5.74, 6) is -0.0371. The number of hydrogen-bond donors (Lipinski definition) is 3. The number of thiazole rings is 1. The largest absolute Gasteiger partial charge is 0.399 e. The molecule has 0 atom stereocenters. The predicted molar refractivity (Wildman–Crippen MR) is 120 cm³/mol. The van der Waals surface area contributed by atoms with E-state index in [0.29, 0.717) is 22.1 Å². The number of benzene rings is 2. The molecule has 31 heavy (non-hydrogen) atoms. The Morgan fingerprint density at radius 2 is 1.87 bits per heavy atom. The topological polar surface area (TPSA) is 123 Å². The van der Waals surface area contributed by atoms with Gasteiger partial charge in [0.05, 0.1) is 17.9 Å². The lowest BCUT2D eigenvalue weighted by Crippen LogP contribution is -2.32. The van der Waals surface area contributed by atoms with Gasteiger partial charge in [0.1, 0.15) is 0 Å². The van der Waals surface area contributed by atoms with Crippen LogP contribution in [0, 0.1) is 6.92 Å². The maximum atomic E-state index is 12.2. The molecule has 2 amide bonds. The minimum atomic E-state index is -0.365. The van der Waals surface area contributed by atoms with Gasteiger partial charge in [-0.1, -0.05) is 23.4 Å². The molecular weight excluding hydrogens is 414 g/mol. The number of nitrogens with one attached hydrogen (secondary N) is 2. The normalized spacial score (nSPS) is 10.6. The quantitative estimate of drug-likeness (QED) is 0.398. The summed E-state index contributed by atoms with van der Waals surface area (Å²) in [5, 5.41) is 11.5. The molecule has 9 heteroatoms. The van der Waals surface area contributed by atoms with Gasteiger partial charge in [0, 0.05) is 33.8 Å². The van der Waals surface area contributed by atoms with E-state index >= 15 is 0 Å². The Bertz CT molecular complexity index is 1230. The maximum Gasteiger partial charge on any atom is 0.251 e. The molecule has 0 unspecified atom stereocenters. The first-order valence-corrected chi connectivity index (χ1v) is 10.3. The first-order chi connectivity index (χ1) is 15.0. The fraction of sp³-hybridized carbons (Fsp3) is 0.0909. The monoisotopic (exact) mass is 433 g/mol. The molecular formula is C22H19N5O3S. The number of nitrogens with two attached hydrogens (primary N) is 1. The molecule has 0 aliphatic carbocycles. The number of anilines is 2. The van der Waals surface area contributed by atoms with Crippen LogP contribution in [0.5, 0.6) is 0 Å². The lowest BCUT2D eigenvalue weighted by Gasteiger charge is -2.05. The van der Waals surface area contributed by atoms with Crippen molar-refractivity contribution in [2.45, 2.75) is 6.92 Å². The van der Waals surface area contributed by atoms with Crippen molar-refractivity contribution in [3.05, 3.63) is 71.2 Å². The third kappa shape index (κ3) is 4.96. The number of aromatic nitrogens is 2. The van der Waals surface area contributed by atoms with E-state index in [2.05, 4.69) is 20.8 Å². The van der Waals surface area contributed by atoms with E-state index in [-0.39, 0.29) is 18.4 Å². The second kappa shape index (κ2) is 8.80. The van der Waals surface area contributed by atoms with E-state index in [4.69, 9.17) is 10.3 Å². The van der Waals surface area contributed by atoms with Crippen molar-refractivity contribution in [2.75, 3.05) is 17.6 Å². The molecule has 0 spiro atoms. The fourth-order valence-corrected chi connectivity index (χ4v) is 3.59. The van der Waals surface area contributed by atoms with Crippen LogP contribution in [-0.2, 0) is 4.79 Å². The summed E-state index contributed by atoms with van der Waals surface area (Å²) in [4.78, 5) is 28.8. The molecule has 2 aromatic carbocycles. The Balaban J connectivity index is 1.37. The molecule has 0 aliphatic heterocycles. The summed E-state index contributed by atoms with van der Waals surface area (Å²) in [6.45, 7) is 1.70. The molecule has 8 nitrogen and oxygen atoms in total. The zero-order chi connectivity index (χ0) is 21.8. The minimum absolute atomic E-state index is 0.168. The van der Waals surface area contributed by atoms with E-state index in [9.17, 15) is 9.59 Å². The minimum Gasteiger partial charge on any atom is -0.399 e. The predicted octanol–water partition coefficient (Wildman–Crippen LogP) is 3.72. The molecule has 2 heterocycles. The first-order valence-electron chi connectivity index (χ1n) is 9.41. The van der Waals surface area contributed by atoms with Gasteiger partial charge in [-0.15, -0.1) is 11.3 Å². The molecule has 0 fully saturated rings. The number of rotatable bonds is 6. The van der Waals surface area contributed by atoms with Crippen LogP contribution in [0.4, 0.5) is 10.8 Å². The number of amides is 2. The van der Waals surface area contributed by atoms with Crippen molar-refractivity contribution in [3.63, 3.8) is 0 Å². The van der Waals surface area contributed by atoms with Crippen LogP contribution in [-0.4, -0.2) is 28.5 Å². The van der Waals surface area contributed by atoms with Crippen molar-refractivity contribution in [3.8, 4) is 22.6 Å². The van der Waals surface area contributed by atoms with Gasteiger partial charge >= 0.3 is 0 Å². The molecule has 0 radical (unpaired) electrons. The zero-order valence-electron chi connectivity index (χ0n) is 16.6. The molecule has 0 bridgehead atoms. The first kappa shape index (κ1) is 20.3. The van der Waals surface area contributed by atoms with E-state index < -0.39 is 0 Å². The molecule has 156 valence electrons. The van der Waals surface area contributed by atoms with E-state index in [0.717, 1.165) is 22.5 Å².